The number of aliphatic imine (C=N–C) groups is 2. The summed E-state index contributed by atoms with van der Waals surface area (Å²) < 4.78 is 24.4. The summed E-state index contributed by atoms with van der Waals surface area (Å²) in [7, 11) is 7.28. The number of ether oxygens (including phenoxy) is 4. The quantitative estimate of drug-likeness (QED) is 0.0886. The molecule has 2 unspecified atom stereocenters. The number of aryl methyl sites for hydroxylation is 1. The zero-order valence-corrected chi connectivity index (χ0v) is 34.2. The van der Waals surface area contributed by atoms with Crippen molar-refractivity contribution in [2.24, 2.45) is 9.98 Å². The molecule has 0 fully saturated rings. The molecule has 8 rings (SSSR count). The Morgan fingerprint density at radius 3 is 2.03 bits per heavy atom. The number of hydrogen-bond donors (Lipinski definition) is 0. The van der Waals surface area contributed by atoms with Gasteiger partial charge in [0.15, 0.2) is 23.0 Å². The van der Waals surface area contributed by atoms with Crippen molar-refractivity contribution in [1.82, 2.24) is 14.7 Å². The molecule has 0 bridgehead atoms. The van der Waals surface area contributed by atoms with Crippen LogP contribution < -0.4 is 18.9 Å². The van der Waals surface area contributed by atoms with Gasteiger partial charge < -0.3 is 33.6 Å². The van der Waals surface area contributed by atoms with Gasteiger partial charge in [0, 0.05) is 44.2 Å². The Balaban J connectivity index is 1.00. The van der Waals surface area contributed by atoms with E-state index in [9.17, 15) is 9.59 Å². The zero-order chi connectivity index (χ0) is 41.0. The van der Waals surface area contributed by atoms with Crippen molar-refractivity contribution in [3.63, 3.8) is 0 Å². The lowest BCUT2D eigenvalue weighted by Gasteiger charge is -2.34. The number of nitrogens with zero attached hydrogens (tertiary/aromatic N) is 5. The van der Waals surface area contributed by atoms with E-state index in [1.54, 1.807) is 31.3 Å². The average molecular weight is 792 g/mol. The molecule has 3 aliphatic rings. The fourth-order valence-electron chi connectivity index (χ4n) is 8.16. The van der Waals surface area contributed by atoms with E-state index in [0.29, 0.717) is 53.8 Å². The van der Waals surface area contributed by atoms with Crippen molar-refractivity contribution in [3.8, 4) is 23.0 Å². The largest absolute Gasteiger partial charge is 0.493 e. The molecule has 0 saturated carbocycles. The van der Waals surface area contributed by atoms with E-state index in [1.807, 2.05) is 74.7 Å². The molecule has 0 radical (unpaired) electrons. The zero-order valence-electron chi connectivity index (χ0n) is 34.2. The second-order valence-corrected chi connectivity index (χ2v) is 15.6. The fraction of sp³-hybridized carbons (Fsp3) is 0.292. The molecular formula is C48H49N5O6. The standard InChI is InChI=1S/C48H49N5O6/c1-31-14-44(56-4)46(21-42(31)49-23-39-18-35-10-6-8-12-37(35)26-52(39)30-54)58-28-33-15-32(25-51(2)3)16-34(17-33)29-59-47-22-43-41(20-45(47)57-5)48(55)53-27-38-13-9-7-11-36(38)19-40(53)24-50-43/h6-17,20-24,30,39-40H,18-19,25-29H2,1-5H3. The molecule has 0 saturated heterocycles. The van der Waals surface area contributed by atoms with Gasteiger partial charge in [-0.2, -0.15) is 0 Å². The van der Waals surface area contributed by atoms with Gasteiger partial charge >= 0.3 is 0 Å². The van der Waals surface area contributed by atoms with Gasteiger partial charge in [-0.1, -0.05) is 60.7 Å². The van der Waals surface area contributed by atoms with Crippen LogP contribution in [0, 0.1) is 6.92 Å². The van der Waals surface area contributed by atoms with Gasteiger partial charge in [0.05, 0.1) is 43.2 Å². The highest BCUT2D eigenvalue weighted by Gasteiger charge is 2.33. The van der Waals surface area contributed by atoms with E-state index in [2.05, 4.69) is 47.4 Å². The molecule has 2 amide bonds. The number of amides is 2. The number of methoxy groups -OCH3 is 2. The predicted molar refractivity (Wildman–Crippen MR) is 229 cm³/mol. The third kappa shape index (κ3) is 8.56. The van der Waals surface area contributed by atoms with Gasteiger partial charge in [-0.05, 0) is 96.6 Å². The van der Waals surface area contributed by atoms with Crippen molar-refractivity contribution in [2.45, 2.75) is 64.7 Å². The molecule has 5 aromatic carbocycles. The van der Waals surface area contributed by atoms with E-state index in [-0.39, 0.29) is 31.2 Å². The molecule has 0 aliphatic carbocycles. The maximum absolute atomic E-state index is 13.9. The number of fused-ring (bicyclic) bond motifs is 4. The van der Waals surface area contributed by atoms with Crippen molar-refractivity contribution in [1.29, 1.82) is 0 Å². The number of hydrogen-bond acceptors (Lipinski definition) is 9. The van der Waals surface area contributed by atoms with Crippen molar-refractivity contribution < 1.29 is 28.5 Å². The SMILES string of the molecule is COc1cc(C)c(N=CC2Cc3ccccc3CN2C=O)cc1OCc1cc(COc2cc3c(cc2OC)C(=O)N2Cc4ccccc4CC2C=N3)cc(CN(C)C)c1. The summed E-state index contributed by atoms with van der Waals surface area (Å²) in [6.45, 7) is 4.31. The number of rotatable bonds is 13. The highest BCUT2D eigenvalue weighted by Crippen LogP contribution is 2.39. The average Bonchev–Trinajstić information content (AvgIpc) is 3.37. The third-order valence-electron chi connectivity index (χ3n) is 11.2. The Bertz CT molecular complexity index is 2440. The van der Waals surface area contributed by atoms with Crippen LogP contribution in [0.15, 0.2) is 101 Å². The van der Waals surface area contributed by atoms with Crippen LogP contribution in [0.2, 0.25) is 0 Å². The smallest absolute Gasteiger partial charge is 0.257 e. The summed E-state index contributed by atoms with van der Waals surface area (Å²) in [5, 5.41) is 0. The number of carbonyl (C=O) groups excluding carboxylic acids is 2. The van der Waals surface area contributed by atoms with Gasteiger partial charge in [0.25, 0.3) is 5.91 Å². The summed E-state index contributed by atoms with van der Waals surface area (Å²) in [6, 6.07) is 29.9. The van der Waals surface area contributed by atoms with Crippen LogP contribution in [0.1, 0.15) is 54.9 Å². The Kier molecular flexibility index (Phi) is 11.5. The lowest BCUT2D eigenvalue weighted by atomic mass is 9.94. The molecule has 5 aromatic rings. The monoisotopic (exact) mass is 791 g/mol. The maximum atomic E-state index is 13.9. The predicted octanol–water partition coefficient (Wildman–Crippen LogP) is 7.80. The normalized spacial score (nSPS) is 16.9. The van der Waals surface area contributed by atoms with Gasteiger partial charge in [-0.15, -0.1) is 0 Å². The van der Waals surface area contributed by atoms with Crippen LogP contribution in [-0.4, -0.2) is 79.8 Å². The Morgan fingerprint density at radius 2 is 1.37 bits per heavy atom. The first-order valence-electron chi connectivity index (χ1n) is 19.9. The summed E-state index contributed by atoms with van der Waals surface area (Å²) >= 11 is 0. The summed E-state index contributed by atoms with van der Waals surface area (Å²) in [5.74, 6) is 2.06. The summed E-state index contributed by atoms with van der Waals surface area (Å²) in [6.07, 6.45) is 6.05. The topological polar surface area (TPSA) is 105 Å². The third-order valence-corrected chi connectivity index (χ3v) is 11.2. The second kappa shape index (κ2) is 17.2. The van der Waals surface area contributed by atoms with Crippen LogP contribution in [-0.2, 0) is 50.5 Å². The Labute approximate surface area is 345 Å². The van der Waals surface area contributed by atoms with Crippen LogP contribution >= 0.6 is 0 Å². The number of benzene rings is 5. The van der Waals surface area contributed by atoms with Crippen LogP contribution in [0.4, 0.5) is 11.4 Å². The lowest BCUT2D eigenvalue weighted by Crippen LogP contribution is -2.44. The van der Waals surface area contributed by atoms with Crippen molar-refractivity contribution >= 4 is 36.1 Å². The molecule has 0 aromatic heterocycles. The molecule has 11 nitrogen and oxygen atoms in total. The highest BCUT2D eigenvalue weighted by atomic mass is 16.5. The highest BCUT2D eigenvalue weighted by molar-refractivity contribution is 6.03. The molecule has 11 heteroatoms. The van der Waals surface area contributed by atoms with E-state index in [0.717, 1.165) is 58.4 Å². The molecule has 59 heavy (non-hydrogen) atoms. The number of carbonyl (C=O) groups is 2. The van der Waals surface area contributed by atoms with Gasteiger partial charge in [0.2, 0.25) is 6.41 Å². The lowest BCUT2D eigenvalue weighted by molar-refractivity contribution is -0.119. The van der Waals surface area contributed by atoms with Crippen LogP contribution in [0.25, 0.3) is 0 Å². The first-order chi connectivity index (χ1) is 28.7. The molecule has 0 N–H and O–H groups in total. The first-order valence-corrected chi connectivity index (χ1v) is 19.9. The summed E-state index contributed by atoms with van der Waals surface area (Å²) in [4.78, 5) is 41.4. The Morgan fingerprint density at radius 1 is 0.763 bits per heavy atom. The first kappa shape index (κ1) is 39.4. The molecular weight excluding hydrogens is 743 g/mol. The van der Waals surface area contributed by atoms with Crippen molar-refractivity contribution in [2.75, 3.05) is 28.3 Å². The van der Waals surface area contributed by atoms with E-state index >= 15 is 0 Å². The van der Waals surface area contributed by atoms with Gasteiger partial charge in [-0.3, -0.25) is 19.6 Å². The Hall–Kier alpha value is -6.46. The second-order valence-electron chi connectivity index (χ2n) is 15.6. The van der Waals surface area contributed by atoms with E-state index in [4.69, 9.17) is 28.9 Å². The van der Waals surface area contributed by atoms with E-state index in [1.165, 1.54) is 11.1 Å². The minimum Gasteiger partial charge on any atom is -0.493 e. The van der Waals surface area contributed by atoms with Gasteiger partial charge in [0.1, 0.15) is 13.2 Å². The van der Waals surface area contributed by atoms with Gasteiger partial charge in [-0.25, -0.2) is 0 Å². The summed E-state index contributed by atoms with van der Waals surface area (Å²) in [5.41, 5.74) is 10.5. The van der Waals surface area contributed by atoms with Crippen LogP contribution in [0.3, 0.4) is 0 Å². The van der Waals surface area contributed by atoms with E-state index < -0.39 is 0 Å². The molecule has 3 aliphatic heterocycles. The van der Waals surface area contributed by atoms with Crippen LogP contribution in [0.5, 0.6) is 23.0 Å². The molecule has 0 spiro atoms. The molecule has 2 atom stereocenters. The van der Waals surface area contributed by atoms with Crippen molar-refractivity contribution in [3.05, 3.63) is 141 Å². The maximum Gasteiger partial charge on any atom is 0.257 e. The fourth-order valence-corrected chi connectivity index (χ4v) is 8.16. The minimum atomic E-state index is -0.157. The minimum absolute atomic E-state index is 0.0769. The molecule has 302 valence electrons. The molecule has 3 heterocycles.